The van der Waals surface area contributed by atoms with Gasteiger partial charge < -0.3 is 4.57 Å². The molecule has 0 aliphatic rings. The molecular weight excluding hydrogens is 372 g/mol. The molecule has 27 heavy (non-hydrogen) atoms. The zero-order valence-electron chi connectivity index (χ0n) is 15.2. The third-order valence-electron chi connectivity index (χ3n) is 4.33. The van der Waals surface area contributed by atoms with Crippen molar-refractivity contribution in [1.82, 2.24) is 28.6 Å². The minimum atomic E-state index is -3.88. The molecule has 0 amide bonds. The van der Waals surface area contributed by atoms with E-state index in [-0.39, 0.29) is 16.8 Å². The van der Waals surface area contributed by atoms with Crippen LogP contribution in [0.15, 0.2) is 39.0 Å². The van der Waals surface area contributed by atoms with Crippen molar-refractivity contribution in [3.63, 3.8) is 0 Å². The molecule has 10 nitrogen and oxygen atoms in total. The van der Waals surface area contributed by atoms with Crippen molar-refractivity contribution in [1.29, 1.82) is 0 Å². The lowest BCUT2D eigenvalue weighted by Crippen LogP contribution is -2.37. The second-order valence-electron chi connectivity index (χ2n) is 6.15. The van der Waals surface area contributed by atoms with Gasteiger partial charge in [-0.2, -0.15) is 0 Å². The molecule has 1 N–H and O–H groups in total. The summed E-state index contributed by atoms with van der Waals surface area (Å²) in [5.74, 6) is 0.500. The van der Waals surface area contributed by atoms with Crippen LogP contribution in [0.4, 0.5) is 0 Å². The molecule has 1 aromatic carbocycles. The van der Waals surface area contributed by atoms with E-state index < -0.39 is 21.3 Å². The maximum Gasteiger partial charge on any atom is 0.330 e. The average molecular weight is 392 g/mol. The fourth-order valence-electron chi connectivity index (χ4n) is 2.83. The Morgan fingerprint density at radius 2 is 1.89 bits per heavy atom. The number of nitrogens with zero attached hydrogens (tertiary/aromatic N) is 5. The lowest BCUT2D eigenvalue weighted by Gasteiger charge is -2.10. The summed E-state index contributed by atoms with van der Waals surface area (Å²) in [6, 6.07) is 4.09. The van der Waals surface area contributed by atoms with Gasteiger partial charge in [-0.05, 0) is 24.6 Å². The fraction of sp³-hybridized carbons (Fsp3) is 0.375. The molecule has 0 atom stereocenters. The summed E-state index contributed by atoms with van der Waals surface area (Å²) in [7, 11) is -1.00. The molecular formula is C16H20N6O4S. The van der Waals surface area contributed by atoms with Crippen molar-refractivity contribution in [3.05, 3.63) is 51.2 Å². The number of rotatable bonds is 6. The van der Waals surface area contributed by atoms with Gasteiger partial charge in [-0.1, -0.05) is 6.92 Å². The topological polar surface area (TPSA) is 121 Å². The number of nitrogens with one attached hydrogen (secondary N) is 1. The molecule has 144 valence electrons. The van der Waals surface area contributed by atoms with E-state index in [1.165, 1.54) is 36.9 Å². The van der Waals surface area contributed by atoms with E-state index in [2.05, 4.69) is 14.9 Å². The van der Waals surface area contributed by atoms with Crippen LogP contribution in [0, 0.1) is 0 Å². The normalized spacial score (nSPS) is 12.0. The van der Waals surface area contributed by atoms with Gasteiger partial charge in [0.1, 0.15) is 12.2 Å². The lowest BCUT2D eigenvalue weighted by atomic mass is 10.2. The maximum absolute atomic E-state index is 12.6. The largest absolute Gasteiger partial charge is 0.330 e. The number of aromatic nitrogens is 5. The van der Waals surface area contributed by atoms with Gasteiger partial charge in [0.15, 0.2) is 0 Å². The minimum Gasteiger partial charge on any atom is -0.316 e. The first kappa shape index (κ1) is 19.0. The molecule has 0 saturated heterocycles. The number of hydrogen-bond donors (Lipinski definition) is 1. The molecule has 3 aromatic rings. The lowest BCUT2D eigenvalue weighted by molar-refractivity contribution is 0.572. The first-order valence-electron chi connectivity index (χ1n) is 8.32. The highest BCUT2D eigenvalue weighted by Crippen LogP contribution is 2.15. The van der Waals surface area contributed by atoms with Gasteiger partial charge in [-0.15, -0.1) is 10.2 Å². The highest BCUT2D eigenvalue weighted by atomic mass is 32.2. The van der Waals surface area contributed by atoms with Crippen molar-refractivity contribution >= 4 is 20.9 Å². The quantitative estimate of drug-likeness (QED) is 0.616. The first-order chi connectivity index (χ1) is 12.8. The molecule has 0 fully saturated rings. The van der Waals surface area contributed by atoms with Crippen LogP contribution in [0.5, 0.6) is 0 Å². The van der Waals surface area contributed by atoms with E-state index in [4.69, 9.17) is 0 Å². The number of sulfonamides is 1. The molecule has 0 spiro atoms. The Hall–Kier alpha value is -2.79. The highest BCUT2D eigenvalue weighted by molar-refractivity contribution is 7.89. The Balaban J connectivity index is 1.97. The van der Waals surface area contributed by atoms with Crippen molar-refractivity contribution in [2.24, 2.45) is 14.1 Å². The molecule has 0 aliphatic carbocycles. The number of benzene rings is 1. The third kappa shape index (κ3) is 3.43. The molecule has 2 heterocycles. The predicted octanol–water partition coefficient (Wildman–Crippen LogP) is -0.283. The van der Waals surface area contributed by atoms with Crippen LogP contribution in [0.1, 0.15) is 19.2 Å². The molecule has 0 bridgehead atoms. The molecule has 3 rings (SSSR count). The zero-order valence-corrected chi connectivity index (χ0v) is 16.0. The van der Waals surface area contributed by atoms with Crippen LogP contribution in [-0.2, 0) is 37.2 Å². The van der Waals surface area contributed by atoms with Crippen LogP contribution in [0.25, 0.3) is 10.9 Å². The Kier molecular flexibility index (Phi) is 4.98. The molecule has 0 radical (unpaired) electrons. The SMILES string of the molecule is CCCn1cnnc1CNS(=O)(=O)c1ccc2c(c1)c(=O)n(C)c(=O)n2C. The summed E-state index contributed by atoms with van der Waals surface area (Å²) in [4.78, 5) is 24.3. The van der Waals surface area contributed by atoms with Crippen LogP contribution >= 0.6 is 0 Å². The summed E-state index contributed by atoms with van der Waals surface area (Å²) in [5.41, 5.74) is -0.658. The summed E-state index contributed by atoms with van der Waals surface area (Å²) in [5, 5.41) is 7.87. The smallest absolute Gasteiger partial charge is 0.316 e. The Labute approximate surface area is 155 Å². The van der Waals surface area contributed by atoms with E-state index in [0.717, 1.165) is 11.0 Å². The van der Waals surface area contributed by atoms with Gasteiger partial charge in [0.2, 0.25) is 10.0 Å². The predicted molar refractivity (Wildman–Crippen MR) is 98.8 cm³/mol. The zero-order chi connectivity index (χ0) is 19.8. The van der Waals surface area contributed by atoms with Gasteiger partial charge in [0, 0.05) is 20.6 Å². The second kappa shape index (κ2) is 7.08. The fourth-order valence-corrected chi connectivity index (χ4v) is 3.83. The van der Waals surface area contributed by atoms with Gasteiger partial charge in [-0.3, -0.25) is 13.9 Å². The highest BCUT2D eigenvalue weighted by Gasteiger charge is 2.18. The number of hydrogen-bond acceptors (Lipinski definition) is 6. The molecule has 2 aromatic heterocycles. The minimum absolute atomic E-state index is 0.0222. The Bertz CT molecular complexity index is 1220. The van der Waals surface area contributed by atoms with E-state index in [9.17, 15) is 18.0 Å². The Morgan fingerprint density at radius 1 is 1.15 bits per heavy atom. The van der Waals surface area contributed by atoms with E-state index in [0.29, 0.717) is 17.9 Å². The van der Waals surface area contributed by atoms with Gasteiger partial charge in [-0.25, -0.2) is 17.9 Å². The standard InChI is InChI=1S/C16H20N6O4S/c1-4-7-22-10-17-19-14(22)9-18-27(25,26)11-5-6-13-12(8-11)15(23)21(3)16(24)20(13)2/h5-6,8,10,18H,4,7,9H2,1-3H3. The summed E-state index contributed by atoms with van der Waals surface area (Å²) < 4.78 is 31.8. The van der Waals surface area contributed by atoms with E-state index >= 15 is 0 Å². The summed E-state index contributed by atoms with van der Waals surface area (Å²) in [6.07, 6.45) is 2.41. The van der Waals surface area contributed by atoms with Crippen LogP contribution in [0.3, 0.4) is 0 Å². The second-order valence-corrected chi connectivity index (χ2v) is 7.92. The third-order valence-corrected chi connectivity index (χ3v) is 5.73. The number of fused-ring (bicyclic) bond motifs is 1. The maximum atomic E-state index is 12.6. The first-order valence-corrected chi connectivity index (χ1v) is 9.80. The van der Waals surface area contributed by atoms with Gasteiger partial charge in [0.05, 0.1) is 22.3 Å². The molecule has 0 aliphatic heterocycles. The average Bonchev–Trinajstić information content (AvgIpc) is 3.10. The summed E-state index contributed by atoms with van der Waals surface area (Å²) in [6.45, 7) is 2.66. The Morgan fingerprint density at radius 3 is 2.59 bits per heavy atom. The van der Waals surface area contributed by atoms with Gasteiger partial charge >= 0.3 is 5.69 Å². The molecule has 0 unspecified atom stereocenters. The van der Waals surface area contributed by atoms with Crippen molar-refractivity contribution < 1.29 is 8.42 Å². The monoisotopic (exact) mass is 392 g/mol. The van der Waals surface area contributed by atoms with Gasteiger partial charge in [0.25, 0.3) is 5.56 Å². The van der Waals surface area contributed by atoms with Crippen molar-refractivity contribution in [2.75, 3.05) is 0 Å². The molecule has 11 heteroatoms. The van der Waals surface area contributed by atoms with E-state index in [1.54, 1.807) is 10.9 Å². The van der Waals surface area contributed by atoms with Crippen LogP contribution < -0.4 is 16.0 Å². The number of aryl methyl sites for hydroxylation is 2. The van der Waals surface area contributed by atoms with Crippen LogP contribution in [0.2, 0.25) is 0 Å². The van der Waals surface area contributed by atoms with Crippen LogP contribution in [-0.4, -0.2) is 32.3 Å². The van der Waals surface area contributed by atoms with Crippen molar-refractivity contribution in [2.45, 2.75) is 31.3 Å². The summed E-state index contributed by atoms with van der Waals surface area (Å²) >= 11 is 0. The molecule has 0 saturated carbocycles. The van der Waals surface area contributed by atoms with E-state index in [1.807, 2.05) is 6.92 Å². The van der Waals surface area contributed by atoms with Crippen molar-refractivity contribution in [3.8, 4) is 0 Å².